The lowest BCUT2D eigenvalue weighted by atomic mass is 10.1. The van der Waals surface area contributed by atoms with Gasteiger partial charge in [-0.15, -0.1) is 0 Å². The fraction of sp³-hybridized carbons (Fsp3) is 0.292. The highest BCUT2D eigenvalue weighted by molar-refractivity contribution is 7.89. The van der Waals surface area contributed by atoms with Crippen molar-refractivity contribution < 1.29 is 22.7 Å². The molecule has 1 aliphatic rings. The summed E-state index contributed by atoms with van der Waals surface area (Å²) in [5.41, 5.74) is 1.02. The number of fused-ring (bicyclic) bond motifs is 1. The van der Waals surface area contributed by atoms with E-state index < -0.39 is 10.0 Å². The topological polar surface area (TPSA) is 84.9 Å². The Morgan fingerprint density at radius 2 is 1.59 bits per heavy atom. The lowest BCUT2D eigenvalue weighted by Gasteiger charge is -2.34. The molecule has 8 heteroatoms. The van der Waals surface area contributed by atoms with E-state index in [0.29, 0.717) is 24.3 Å². The summed E-state index contributed by atoms with van der Waals surface area (Å²) in [7, 11) is -2.05. The first kappa shape index (κ1) is 22.3. The van der Waals surface area contributed by atoms with E-state index in [9.17, 15) is 13.2 Å². The minimum absolute atomic E-state index is 0.158. The van der Waals surface area contributed by atoms with Crippen LogP contribution in [0.1, 0.15) is 24.2 Å². The molecule has 1 aliphatic heterocycles. The Balaban J connectivity index is 1.55. The van der Waals surface area contributed by atoms with Gasteiger partial charge in [0.25, 0.3) is 5.91 Å². The van der Waals surface area contributed by atoms with Crippen molar-refractivity contribution in [2.75, 3.05) is 25.5 Å². The fourth-order valence-corrected chi connectivity index (χ4v) is 5.60. The molecule has 1 amide bonds. The molecule has 1 N–H and O–H groups in total. The molecule has 168 valence electrons. The summed E-state index contributed by atoms with van der Waals surface area (Å²) >= 11 is 0. The van der Waals surface area contributed by atoms with Crippen molar-refractivity contribution in [2.24, 2.45) is 0 Å². The summed E-state index contributed by atoms with van der Waals surface area (Å²) in [5, 5.41) is 4.66. The molecular formula is C24H26N2O5S. The zero-order chi connectivity index (χ0) is 22.9. The van der Waals surface area contributed by atoms with Crippen LogP contribution in [-0.2, 0) is 14.8 Å². The molecule has 0 saturated carbocycles. The Kier molecular flexibility index (Phi) is 6.19. The predicted molar refractivity (Wildman–Crippen MR) is 124 cm³/mol. The molecular weight excluding hydrogens is 428 g/mol. The summed E-state index contributed by atoms with van der Waals surface area (Å²) < 4.78 is 38.5. The Morgan fingerprint density at radius 1 is 0.969 bits per heavy atom. The second-order valence-electron chi connectivity index (χ2n) is 7.92. The van der Waals surface area contributed by atoms with Crippen molar-refractivity contribution in [3.05, 3.63) is 66.2 Å². The van der Waals surface area contributed by atoms with E-state index in [-0.39, 0.29) is 23.0 Å². The molecule has 3 aromatic rings. The molecule has 4 rings (SSSR count). The Bertz CT molecular complexity index is 1230. The zero-order valence-electron chi connectivity index (χ0n) is 18.2. The van der Waals surface area contributed by atoms with Gasteiger partial charge >= 0.3 is 0 Å². The highest BCUT2D eigenvalue weighted by Gasteiger charge is 2.32. The molecule has 1 heterocycles. The first-order valence-corrected chi connectivity index (χ1v) is 11.9. The van der Waals surface area contributed by atoms with E-state index in [1.165, 1.54) is 28.6 Å². The maximum Gasteiger partial charge on any atom is 0.255 e. The van der Waals surface area contributed by atoms with E-state index in [0.717, 1.165) is 16.5 Å². The van der Waals surface area contributed by atoms with Crippen LogP contribution in [0.5, 0.6) is 5.75 Å². The van der Waals surface area contributed by atoms with Gasteiger partial charge in [0.15, 0.2) is 0 Å². The molecule has 2 unspecified atom stereocenters. The minimum Gasteiger partial charge on any atom is -0.496 e. The number of nitrogens with one attached hydrogen (secondary N) is 1. The number of amides is 1. The van der Waals surface area contributed by atoms with Crippen LogP contribution in [0, 0.1) is 0 Å². The molecule has 0 radical (unpaired) electrons. The standard InChI is InChI=1S/C24H26N2O5S/c1-16-14-26(15-17(2)31-16)32(28,29)19-10-8-18(9-11-19)24(27)25-22-12-13-23(30-3)21-7-5-4-6-20(21)22/h4-13,16-17H,14-15H2,1-3H3,(H,25,27). The van der Waals surface area contributed by atoms with Crippen LogP contribution in [0.4, 0.5) is 5.69 Å². The predicted octanol–water partition coefficient (Wildman–Crippen LogP) is 3.90. The van der Waals surface area contributed by atoms with Crippen LogP contribution < -0.4 is 10.1 Å². The van der Waals surface area contributed by atoms with Gasteiger partial charge in [0.05, 0.1) is 24.2 Å². The number of hydrogen-bond acceptors (Lipinski definition) is 5. The van der Waals surface area contributed by atoms with Crippen molar-refractivity contribution in [3.8, 4) is 5.75 Å². The van der Waals surface area contributed by atoms with Gasteiger partial charge in [-0.3, -0.25) is 4.79 Å². The van der Waals surface area contributed by atoms with Gasteiger partial charge in [-0.25, -0.2) is 8.42 Å². The van der Waals surface area contributed by atoms with Gasteiger partial charge < -0.3 is 14.8 Å². The van der Waals surface area contributed by atoms with E-state index in [1.807, 2.05) is 38.1 Å². The second-order valence-corrected chi connectivity index (χ2v) is 9.86. The number of hydrogen-bond donors (Lipinski definition) is 1. The maximum absolute atomic E-state index is 13.0. The van der Waals surface area contributed by atoms with E-state index in [1.54, 1.807) is 19.2 Å². The lowest BCUT2D eigenvalue weighted by Crippen LogP contribution is -2.48. The highest BCUT2D eigenvalue weighted by Crippen LogP contribution is 2.31. The second kappa shape index (κ2) is 8.90. The first-order chi connectivity index (χ1) is 15.3. The number of nitrogens with zero attached hydrogens (tertiary/aromatic N) is 1. The van der Waals surface area contributed by atoms with Crippen LogP contribution in [0.3, 0.4) is 0 Å². The van der Waals surface area contributed by atoms with Crippen molar-refractivity contribution in [2.45, 2.75) is 31.0 Å². The van der Waals surface area contributed by atoms with Crippen LogP contribution in [0.2, 0.25) is 0 Å². The molecule has 7 nitrogen and oxygen atoms in total. The third kappa shape index (κ3) is 4.34. The molecule has 0 aromatic heterocycles. The molecule has 0 spiro atoms. The Hall–Kier alpha value is -2.94. The molecule has 1 fully saturated rings. The quantitative estimate of drug-likeness (QED) is 0.632. The smallest absolute Gasteiger partial charge is 0.255 e. The van der Waals surface area contributed by atoms with E-state index in [4.69, 9.17) is 9.47 Å². The monoisotopic (exact) mass is 454 g/mol. The number of carbonyl (C=O) groups excluding carboxylic acids is 1. The van der Waals surface area contributed by atoms with Crippen LogP contribution in [-0.4, -0.2) is 51.0 Å². The number of rotatable bonds is 5. The van der Waals surface area contributed by atoms with Crippen LogP contribution in [0.15, 0.2) is 65.6 Å². The minimum atomic E-state index is -3.66. The summed E-state index contributed by atoms with van der Waals surface area (Å²) in [5.74, 6) is 0.401. The van der Waals surface area contributed by atoms with Crippen molar-refractivity contribution in [1.29, 1.82) is 0 Å². The van der Waals surface area contributed by atoms with Gasteiger partial charge in [-0.2, -0.15) is 4.31 Å². The number of methoxy groups -OCH3 is 1. The first-order valence-electron chi connectivity index (χ1n) is 10.4. The third-order valence-electron chi connectivity index (χ3n) is 5.49. The Morgan fingerprint density at radius 3 is 2.22 bits per heavy atom. The normalized spacial score (nSPS) is 19.6. The van der Waals surface area contributed by atoms with Crippen LogP contribution in [0.25, 0.3) is 10.8 Å². The van der Waals surface area contributed by atoms with Crippen molar-refractivity contribution in [1.82, 2.24) is 4.31 Å². The van der Waals surface area contributed by atoms with Gasteiger partial charge in [-0.05, 0) is 50.2 Å². The third-order valence-corrected chi connectivity index (χ3v) is 7.34. The number of sulfonamides is 1. The van der Waals surface area contributed by atoms with Crippen molar-refractivity contribution >= 4 is 32.4 Å². The lowest BCUT2D eigenvalue weighted by molar-refractivity contribution is -0.0440. The largest absolute Gasteiger partial charge is 0.496 e. The summed E-state index contributed by atoms with van der Waals surface area (Å²) in [6.45, 7) is 4.32. The number of carbonyl (C=O) groups is 1. The molecule has 0 aliphatic carbocycles. The molecule has 1 saturated heterocycles. The van der Waals surface area contributed by atoms with Gasteiger partial charge in [0.1, 0.15) is 5.75 Å². The van der Waals surface area contributed by atoms with E-state index >= 15 is 0 Å². The average molecular weight is 455 g/mol. The Labute approximate surface area is 188 Å². The number of ether oxygens (including phenoxy) is 2. The van der Waals surface area contributed by atoms with Gasteiger partial charge in [0.2, 0.25) is 10.0 Å². The van der Waals surface area contributed by atoms with Crippen molar-refractivity contribution in [3.63, 3.8) is 0 Å². The number of benzene rings is 3. The van der Waals surface area contributed by atoms with Crippen LogP contribution >= 0.6 is 0 Å². The highest BCUT2D eigenvalue weighted by atomic mass is 32.2. The fourth-order valence-electron chi connectivity index (χ4n) is 4.01. The summed E-state index contributed by atoms with van der Waals surface area (Å²) in [6.07, 6.45) is -0.337. The molecule has 32 heavy (non-hydrogen) atoms. The maximum atomic E-state index is 13.0. The zero-order valence-corrected chi connectivity index (χ0v) is 19.1. The SMILES string of the molecule is COc1ccc(NC(=O)c2ccc(S(=O)(=O)N3CC(C)OC(C)C3)cc2)c2ccccc12. The average Bonchev–Trinajstić information content (AvgIpc) is 2.78. The summed E-state index contributed by atoms with van der Waals surface area (Å²) in [6, 6.07) is 17.2. The molecule has 3 aromatic carbocycles. The summed E-state index contributed by atoms with van der Waals surface area (Å²) in [4.78, 5) is 13.0. The number of morpholine rings is 1. The van der Waals surface area contributed by atoms with E-state index in [2.05, 4.69) is 5.32 Å². The molecule has 2 atom stereocenters. The van der Waals surface area contributed by atoms with Gasteiger partial charge in [0, 0.05) is 35.1 Å². The number of anilines is 1. The molecule has 0 bridgehead atoms. The van der Waals surface area contributed by atoms with Gasteiger partial charge in [-0.1, -0.05) is 24.3 Å².